The summed E-state index contributed by atoms with van der Waals surface area (Å²) < 4.78 is 7.37. The molecule has 1 aromatic carbocycles. The van der Waals surface area contributed by atoms with Gasteiger partial charge in [0.25, 0.3) is 0 Å². The van der Waals surface area contributed by atoms with Crippen LogP contribution in [-0.4, -0.2) is 17.5 Å². The van der Waals surface area contributed by atoms with Crippen molar-refractivity contribution in [3.8, 4) is 5.75 Å². The molecule has 0 aliphatic rings. The third-order valence-electron chi connectivity index (χ3n) is 3.74. The highest BCUT2D eigenvalue weighted by atomic mass is 16.5. The maximum Gasteiger partial charge on any atom is 0.161 e. The topological polar surface area (TPSA) is 31.2 Å². The van der Waals surface area contributed by atoms with Gasteiger partial charge in [0, 0.05) is 23.5 Å². The van der Waals surface area contributed by atoms with Gasteiger partial charge in [-0.1, -0.05) is 12.1 Å². The first kappa shape index (κ1) is 14.4. The second kappa shape index (κ2) is 5.95. The Bertz CT molecular complexity index is 609. The lowest BCUT2D eigenvalue weighted by atomic mass is 10.1. The van der Waals surface area contributed by atoms with Crippen LogP contribution < -0.4 is 4.74 Å². The molecule has 0 spiro atoms. The van der Waals surface area contributed by atoms with Crippen LogP contribution in [0.15, 0.2) is 30.3 Å². The van der Waals surface area contributed by atoms with E-state index in [9.17, 15) is 4.79 Å². The van der Waals surface area contributed by atoms with Gasteiger partial charge >= 0.3 is 0 Å². The fraction of sp³-hybridized carbons (Fsp3) is 0.353. The summed E-state index contributed by atoms with van der Waals surface area (Å²) in [7, 11) is 1.67. The van der Waals surface area contributed by atoms with Crippen LogP contribution in [0.3, 0.4) is 0 Å². The number of ketones is 1. The Morgan fingerprint density at radius 3 is 2.35 bits per heavy atom. The van der Waals surface area contributed by atoms with Crippen LogP contribution in [0.5, 0.6) is 5.75 Å². The van der Waals surface area contributed by atoms with Gasteiger partial charge in [0.2, 0.25) is 0 Å². The first-order valence-corrected chi connectivity index (χ1v) is 6.83. The van der Waals surface area contributed by atoms with Crippen molar-refractivity contribution in [3.63, 3.8) is 0 Å². The molecule has 3 nitrogen and oxygen atoms in total. The van der Waals surface area contributed by atoms with Crippen LogP contribution in [0.2, 0.25) is 0 Å². The molecule has 2 aromatic rings. The minimum absolute atomic E-state index is 0.133. The number of aryl methyl sites for hydroxylation is 2. The van der Waals surface area contributed by atoms with Crippen LogP contribution in [0.4, 0.5) is 0 Å². The third kappa shape index (κ3) is 2.93. The number of methoxy groups -OCH3 is 1. The Balaban J connectivity index is 2.12. The number of aromatic nitrogens is 1. The lowest BCUT2D eigenvalue weighted by Crippen LogP contribution is -2.06. The molecule has 1 heterocycles. The van der Waals surface area contributed by atoms with E-state index in [4.69, 9.17) is 4.74 Å². The van der Waals surface area contributed by atoms with Gasteiger partial charge in [-0.05, 0) is 51.0 Å². The predicted octanol–water partition coefficient (Wildman–Crippen LogP) is 3.56. The van der Waals surface area contributed by atoms with Crippen molar-refractivity contribution in [1.82, 2.24) is 4.57 Å². The van der Waals surface area contributed by atoms with Gasteiger partial charge in [0.1, 0.15) is 5.75 Å². The number of carbonyl (C=O) groups excluding carboxylic acids is 1. The van der Waals surface area contributed by atoms with Crippen LogP contribution in [0.1, 0.15) is 34.2 Å². The third-order valence-corrected chi connectivity index (χ3v) is 3.74. The highest BCUT2D eigenvalue weighted by Crippen LogP contribution is 2.17. The SMILES string of the molecule is COc1ccc(CCn2c(C)cc(C(C)=O)c2C)cc1. The van der Waals surface area contributed by atoms with E-state index in [1.807, 2.05) is 32.0 Å². The molecule has 0 unspecified atom stereocenters. The highest BCUT2D eigenvalue weighted by molar-refractivity contribution is 5.95. The molecule has 0 saturated carbocycles. The van der Waals surface area contributed by atoms with Gasteiger partial charge in [0.15, 0.2) is 5.78 Å². The largest absolute Gasteiger partial charge is 0.497 e. The first-order valence-electron chi connectivity index (χ1n) is 6.83. The Labute approximate surface area is 120 Å². The summed E-state index contributed by atoms with van der Waals surface area (Å²) in [5, 5.41) is 0. The number of ether oxygens (including phenoxy) is 1. The molecule has 0 bridgehead atoms. The Hall–Kier alpha value is -2.03. The molecular formula is C17H21NO2. The maximum atomic E-state index is 11.5. The molecule has 2 rings (SSSR count). The smallest absolute Gasteiger partial charge is 0.161 e. The van der Waals surface area contributed by atoms with E-state index in [1.54, 1.807) is 14.0 Å². The fourth-order valence-electron chi connectivity index (χ4n) is 2.53. The number of hydrogen-bond acceptors (Lipinski definition) is 2. The van der Waals surface area contributed by atoms with Crippen molar-refractivity contribution in [2.24, 2.45) is 0 Å². The number of benzene rings is 1. The quantitative estimate of drug-likeness (QED) is 0.779. The molecule has 1 aromatic heterocycles. The molecule has 0 aliphatic carbocycles. The zero-order valence-electron chi connectivity index (χ0n) is 12.6. The minimum Gasteiger partial charge on any atom is -0.497 e. The molecular weight excluding hydrogens is 250 g/mol. The predicted molar refractivity (Wildman–Crippen MR) is 80.6 cm³/mol. The average Bonchev–Trinajstić information content (AvgIpc) is 2.72. The lowest BCUT2D eigenvalue weighted by molar-refractivity contribution is 0.101. The summed E-state index contributed by atoms with van der Waals surface area (Å²) in [6, 6.07) is 10.1. The molecule has 106 valence electrons. The number of hydrogen-bond donors (Lipinski definition) is 0. The Kier molecular flexibility index (Phi) is 4.28. The van der Waals surface area contributed by atoms with E-state index >= 15 is 0 Å². The molecule has 0 aliphatic heterocycles. The summed E-state index contributed by atoms with van der Waals surface area (Å²) in [5.74, 6) is 1.01. The number of carbonyl (C=O) groups is 1. The normalized spacial score (nSPS) is 10.6. The van der Waals surface area contributed by atoms with Crippen LogP contribution in [-0.2, 0) is 13.0 Å². The number of rotatable bonds is 5. The number of Topliss-reactive ketones (excluding diaryl/α,β-unsaturated/α-hetero) is 1. The zero-order valence-corrected chi connectivity index (χ0v) is 12.6. The number of nitrogens with zero attached hydrogens (tertiary/aromatic N) is 1. The van der Waals surface area contributed by atoms with Crippen LogP contribution >= 0.6 is 0 Å². The first-order chi connectivity index (χ1) is 9.52. The summed E-state index contributed by atoms with van der Waals surface area (Å²) in [4.78, 5) is 11.5. The zero-order chi connectivity index (χ0) is 14.7. The Morgan fingerprint density at radius 2 is 1.85 bits per heavy atom. The van der Waals surface area contributed by atoms with Crippen molar-refractivity contribution in [1.29, 1.82) is 0 Å². The minimum atomic E-state index is 0.133. The van der Waals surface area contributed by atoms with Crippen molar-refractivity contribution < 1.29 is 9.53 Å². The monoisotopic (exact) mass is 271 g/mol. The van der Waals surface area contributed by atoms with Gasteiger partial charge in [0.05, 0.1) is 7.11 Å². The van der Waals surface area contributed by atoms with Gasteiger partial charge in [-0.2, -0.15) is 0 Å². The van der Waals surface area contributed by atoms with E-state index in [1.165, 1.54) is 5.56 Å². The molecule has 3 heteroatoms. The van der Waals surface area contributed by atoms with Crippen LogP contribution in [0.25, 0.3) is 0 Å². The average molecular weight is 271 g/mol. The highest BCUT2D eigenvalue weighted by Gasteiger charge is 2.11. The molecule has 0 fully saturated rings. The van der Waals surface area contributed by atoms with E-state index in [-0.39, 0.29) is 5.78 Å². The summed E-state index contributed by atoms with van der Waals surface area (Å²) in [6.07, 6.45) is 0.942. The van der Waals surface area contributed by atoms with E-state index in [2.05, 4.69) is 16.7 Å². The van der Waals surface area contributed by atoms with Gasteiger partial charge in [-0.3, -0.25) is 4.79 Å². The molecule has 0 amide bonds. The molecule has 0 atom stereocenters. The standard InChI is InChI=1S/C17H21NO2/c1-12-11-17(14(3)19)13(2)18(12)10-9-15-5-7-16(20-4)8-6-15/h5-8,11H,9-10H2,1-4H3. The van der Waals surface area contributed by atoms with Crippen molar-refractivity contribution in [2.75, 3.05) is 7.11 Å². The molecule has 0 radical (unpaired) electrons. The van der Waals surface area contributed by atoms with Gasteiger partial charge in [-0.15, -0.1) is 0 Å². The van der Waals surface area contributed by atoms with E-state index in [0.29, 0.717) is 0 Å². The lowest BCUT2D eigenvalue weighted by Gasteiger charge is -2.10. The van der Waals surface area contributed by atoms with Gasteiger partial charge in [-0.25, -0.2) is 0 Å². The fourth-order valence-corrected chi connectivity index (χ4v) is 2.53. The Morgan fingerprint density at radius 1 is 1.20 bits per heavy atom. The summed E-state index contributed by atoms with van der Waals surface area (Å²) >= 11 is 0. The van der Waals surface area contributed by atoms with Crippen molar-refractivity contribution in [3.05, 3.63) is 52.8 Å². The maximum absolute atomic E-state index is 11.5. The van der Waals surface area contributed by atoms with Gasteiger partial charge < -0.3 is 9.30 Å². The second-order valence-electron chi connectivity index (χ2n) is 5.09. The van der Waals surface area contributed by atoms with Crippen LogP contribution in [0, 0.1) is 13.8 Å². The molecule has 0 saturated heterocycles. The van der Waals surface area contributed by atoms with Crippen molar-refractivity contribution >= 4 is 5.78 Å². The summed E-state index contributed by atoms with van der Waals surface area (Å²) in [6.45, 7) is 6.57. The molecule has 20 heavy (non-hydrogen) atoms. The van der Waals surface area contributed by atoms with E-state index < -0.39 is 0 Å². The second-order valence-corrected chi connectivity index (χ2v) is 5.09. The van der Waals surface area contributed by atoms with Crippen molar-refractivity contribution in [2.45, 2.75) is 33.7 Å². The van der Waals surface area contributed by atoms with E-state index in [0.717, 1.165) is 35.7 Å². The summed E-state index contributed by atoms with van der Waals surface area (Å²) in [5.41, 5.74) is 4.30. The molecule has 0 N–H and O–H groups in total.